The first-order valence-corrected chi connectivity index (χ1v) is 7.05. The third-order valence-corrected chi connectivity index (χ3v) is 3.51. The van der Waals surface area contributed by atoms with E-state index in [0.29, 0.717) is 6.61 Å². The van der Waals surface area contributed by atoms with E-state index in [-0.39, 0.29) is 5.91 Å². The van der Waals surface area contributed by atoms with E-state index in [1.54, 1.807) is 11.5 Å². The number of carbonyl (C=O) groups excluding carboxylic acids is 1. The lowest BCUT2D eigenvalue weighted by atomic mass is 10.1. The molecule has 2 aromatic carbocycles. The first kappa shape index (κ1) is 13.4. The summed E-state index contributed by atoms with van der Waals surface area (Å²) in [4.78, 5) is 11.9. The molecule has 0 aliphatic carbocycles. The summed E-state index contributed by atoms with van der Waals surface area (Å²) < 4.78 is 7.22. The molecule has 0 radical (unpaired) electrons. The van der Waals surface area contributed by atoms with Gasteiger partial charge in [0.2, 0.25) is 5.91 Å². The summed E-state index contributed by atoms with van der Waals surface area (Å²) in [7, 11) is 0. The van der Waals surface area contributed by atoms with Gasteiger partial charge in [-0.3, -0.25) is 9.36 Å². The van der Waals surface area contributed by atoms with Gasteiger partial charge in [-0.15, -0.1) is 0 Å². The van der Waals surface area contributed by atoms with Gasteiger partial charge in [0.05, 0.1) is 12.1 Å². The van der Waals surface area contributed by atoms with Crippen molar-refractivity contribution in [3.63, 3.8) is 0 Å². The molecule has 0 atom stereocenters. The van der Waals surface area contributed by atoms with Gasteiger partial charge in [-0.05, 0) is 24.6 Å². The molecule has 0 unspecified atom stereocenters. The standard InChI is InChI=1S/C18H17NO2/c1-3-21-15-9-10-16-17(14-7-5-4-6-8-14)12-19(13(2)20)18(16)11-15/h4-12H,3H2,1-2H3. The number of hydrogen-bond acceptors (Lipinski definition) is 2. The molecule has 0 saturated carbocycles. The molecule has 0 fully saturated rings. The number of rotatable bonds is 3. The first-order valence-electron chi connectivity index (χ1n) is 7.05. The van der Waals surface area contributed by atoms with Crippen molar-refractivity contribution in [2.45, 2.75) is 13.8 Å². The minimum Gasteiger partial charge on any atom is -0.494 e. The third-order valence-electron chi connectivity index (χ3n) is 3.51. The molecule has 21 heavy (non-hydrogen) atoms. The van der Waals surface area contributed by atoms with Crippen molar-refractivity contribution < 1.29 is 9.53 Å². The van der Waals surface area contributed by atoms with E-state index in [1.807, 2.05) is 49.5 Å². The highest BCUT2D eigenvalue weighted by molar-refractivity contribution is 6.01. The second kappa shape index (κ2) is 5.44. The Kier molecular flexibility index (Phi) is 3.48. The molecule has 106 valence electrons. The van der Waals surface area contributed by atoms with E-state index in [2.05, 4.69) is 12.1 Å². The Hall–Kier alpha value is -2.55. The summed E-state index contributed by atoms with van der Waals surface area (Å²) in [6.45, 7) is 4.13. The molecule has 3 rings (SSSR count). The highest BCUT2D eigenvalue weighted by atomic mass is 16.5. The Balaban J connectivity index is 2.25. The van der Waals surface area contributed by atoms with Crippen molar-refractivity contribution in [3.8, 4) is 16.9 Å². The van der Waals surface area contributed by atoms with E-state index in [9.17, 15) is 4.79 Å². The molecule has 0 N–H and O–H groups in total. The van der Waals surface area contributed by atoms with Crippen LogP contribution in [0.15, 0.2) is 54.7 Å². The quantitative estimate of drug-likeness (QED) is 0.713. The van der Waals surface area contributed by atoms with Crippen molar-refractivity contribution in [3.05, 3.63) is 54.7 Å². The summed E-state index contributed by atoms with van der Waals surface area (Å²) in [5.74, 6) is 0.779. The summed E-state index contributed by atoms with van der Waals surface area (Å²) in [5.41, 5.74) is 3.04. The third kappa shape index (κ3) is 2.42. The van der Waals surface area contributed by atoms with Crippen LogP contribution in [-0.4, -0.2) is 17.1 Å². The molecule has 1 heterocycles. The molecule has 3 heteroatoms. The van der Waals surface area contributed by atoms with Crippen LogP contribution in [0.1, 0.15) is 18.6 Å². The van der Waals surface area contributed by atoms with Crippen LogP contribution in [0.5, 0.6) is 5.75 Å². The lowest BCUT2D eigenvalue weighted by Crippen LogP contribution is -2.03. The monoisotopic (exact) mass is 279 g/mol. The largest absolute Gasteiger partial charge is 0.494 e. The summed E-state index contributed by atoms with van der Waals surface area (Å²) >= 11 is 0. The molecule has 0 aliphatic heterocycles. The van der Waals surface area contributed by atoms with Crippen LogP contribution in [0.25, 0.3) is 22.0 Å². The minimum absolute atomic E-state index is 0.00386. The minimum atomic E-state index is -0.00386. The molecule has 1 aromatic heterocycles. The second-order valence-electron chi connectivity index (χ2n) is 4.91. The number of aromatic nitrogens is 1. The number of ether oxygens (including phenoxy) is 1. The van der Waals surface area contributed by atoms with Crippen LogP contribution in [0.3, 0.4) is 0 Å². The van der Waals surface area contributed by atoms with Gasteiger partial charge in [0.15, 0.2) is 0 Å². The zero-order valence-corrected chi connectivity index (χ0v) is 12.2. The lowest BCUT2D eigenvalue weighted by molar-refractivity contribution is 0.0942. The van der Waals surface area contributed by atoms with Gasteiger partial charge in [-0.2, -0.15) is 0 Å². The van der Waals surface area contributed by atoms with Crippen molar-refractivity contribution in [2.24, 2.45) is 0 Å². The van der Waals surface area contributed by atoms with E-state index in [4.69, 9.17) is 4.74 Å². The fraction of sp³-hybridized carbons (Fsp3) is 0.167. The Morgan fingerprint density at radius 1 is 1.14 bits per heavy atom. The van der Waals surface area contributed by atoms with Gasteiger partial charge in [-0.25, -0.2) is 0 Å². The second-order valence-corrected chi connectivity index (χ2v) is 4.91. The molecule has 0 saturated heterocycles. The predicted octanol–water partition coefficient (Wildman–Crippen LogP) is 4.37. The van der Waals surface area contributed by atoms with Crippen molar-refractivity contribution >= 4 is 16.8 Å². The fourth-order valence-corrected chi connectivity index (χ4v) is 2.57. The zero-order chi connectivity index (χ0) is 14.8. The molecular formula is C18H17NO2. The maximum absolute atomic E-state index is 11.9. The Morgan fingerprint density at radius 3 is 2.57 bits per heavy atom. The summed E-state index contributed by atoms with van der Waals surface area (Å²) in [6.07, 6.45) is 1.90. The highest BCUT2D eigenvalue weighted by Gasteiger charge is 2.13. The number of hydrogen-bond donors (Lipinski definition) is 0. The van der Waals surface area contributed by atoms with Gasteiger partial charge in [0.1, 0.15) is 5.75 Å². The van der Waals surface area contributed by atoms with Gasteiger partial charge < -0.3 is 4.74 Å². The normalized spacial score (nSPS) is 10.8. The van der Waals surface area contributed by atoms with Crippen LogP contribution in [0, 0.1) is 0 Å². The van der Waals surface area contributed by atoms with Gasteiger partial charge in [0.25, 0.3) is 0 Å². The molecular weight excluding hydrogens is 262 g/mol. The molecule has 3 aromatic rings. The van der Waals surface area contributed by atoms with Crippen LogP contribution < -0.4 is 4.74 Å². The number of fused-ring (bicyclic) bond motifs is 1. The molecule has 0 bridgehead atoms. The SMILES string of the molecule is CCOc1ccc2c(-c3ccccc3)cn(C(C)=O)c2c1. The van der Waals surface area contributed by atoms with E-state index in [0.717, 1.165) is 27.8 Å². The Bertz CT molecular complexity index is 788. The van der Waals surface area contributed by atoms with Gasteiger partial charge >= 0.3 is 0 Å². The fourth-order valence-electron chi connectivity index (χ4n) is 2.57. The molecule has 0 aliphatic rings. The maximum Gasteiger partial charge on any atom is 0.227 e. The van der Waals surface area contributed by atoms with Crippen molar-refractivity contribution in [2.75, 3.05) is 6.61 Å². The topological polar surface area (TPSA) is 31.2 Å². The van der Waals surface area contributed by atoms with E-state index < -0.39 is 0 Å². The molecule has 3 nitrogen and oxygen atoms in total. The number of benzene rings is 2. The van der Waals surface area contributed by atoms with Gasteiger partial charge in [0, 0.05) is 30.1 Å². The lowest BCUT2D eigenvalue weighted by Gasteiger charge is -2.05. The molecule has 0 amide bonds. The highest BCUT2D eigenvalue weighted by Crippen LogP contribution is 2.32. The van der Waals surface area contributed by atoms with Crippen LogP contribution in [0.2, 0.25) is 0 Å². The zero-order valence-electron chi connectivity index (χ0n) is 12.2. The Labute approximate surface area is 123 Å². The van der Waals surface area contributed by atoms with Crippen LogP contribution in [-0.2, 0) is 0 Å². The summed E-state index contributed by atoms with van der Waals surface area (Å²) in [6, 6.07) is 16.0. The van der Waals surface area contributed by atoms with Crippen molar-refractivity contribution in [1.29, 1.82) is 0 Å². The van der Waals surface area contributed by atoms with Gasteiger partial charge in [-0.1, -0.05) is 30.3 Å². The average Bonchev–Trinajstić information content (AvgIpc) is 2.87. The smallest absolute Gasteiger partial charge is 0.227 e. The van der Waals surface area contributed by atoms with Crippen LogP contribution in [0.4, 0.5) is 0 Å². The van der Waals surface area contributed by atoms with Crippen LogP contribution >= 0.6 is 0 Å². The van der Waals surface area contributed by atoms with E-state index in [1.165, 1.54) is 0 Å². The Morgan fingerprint density at radius 2 is 1.90 bits per heavy atom. The summed E-state index contributed by atoms with van der Waals surface area (Å²) in [5, 5.41) is 1.06. The predicted molar refractivity (Wildman–Crippen MR) is 84.8 cm³/mol. The molecule has 0 spiro atoms. The first-order chi connectivity index (χ1) is 10.2. The average molecular weight is 279 g/mol. The van der Waals surface area contributed by atoms with E-state index >= 15 is 0 Å². The number of carbonyl (C=O) groups is 1. The maximum atomic E-state index is 11.9. The van der Waals surface area contributed by atoms with Crippen molar-refractivity contribution in [1.82, 2.24) is 4.57 Å². The number of nitrogens with zero attached hydrogens (tertiary/aromatic N) is 1.